The molecule has 2 aromatic carbocycles. The fourth-order valence-corrected chi connectivity index (χ4v) is 2.41. The van der Waals surface area contributed by atoms with Gasteiger partial charge in [-0.2, -0.15) is 0 Å². The van der Waals surface area contributed by atoms with Crippen LogP contribution in [0.2, 0.25) is 0 Å². The molecule has 2 rings (SSSR count). The molecule has 0 spiro atoms. The Bertz CT molecular complexity index is 675. The molecule has 0 aliphatic carbocycles. The molecule has 0 aliphatic rings. The average molecular weight is 312 g/mol. The first-order chi connectivity index (χ1) is 10.9. The van der Waals surface area contributed by atoms with Crippen LogP contribution < -0.4 is 15.4 Å². The highest BCUT2D eigenvalue weighted by atomic mass is 16.5. The highest BCUT2D eigenvalue weighted by Gasteiger charge is 2.18. The van der Waals surface area contributed by atoms with Crippen LogP contribution in [0.1, 0.15) is 26.3 Å². The summed E-state index contributed by atoms with van der Waals surface area (Å²) >= 11 is 0. The smallest absolute Gasteiger partial charge is 0.243 e. The third kappa shape index (κ3) is 4.49. The number of carbonyl (C=O) groups is 1. The molecule has 0 atom stereocenters. The molecule has 4 heteroatoms. The fourth-order valence-electron chi connectivity index (χ4n) is 2.41. The van der Waals surface area contributed by atoms with Crippen molar-refractivity contribution in [1.29, 1.82) is 0 Å². The van der Waals surface area contributed by atoms with Crippen molar-refractivity contribution in [3.63, 3.8) is 0 Å². The first-order valence-electron chi connectivity index (χ1n) is 7.68. The molecule has 0 bridgehead atoms. The minimum absolute atomic E-state index is 0.0278. The third-order valence-electron chi connectivity index (χ3n) is 3.56. The first-order valence-corrected chi connectivity index (χ1v) is 7.68. The second-order valence-corrected chi connectivity index (χ2v) is 6.40. The van der Waals surface area contributed by atoms with Gasteiger partial charge in [-0.15, -0.1) is 0 Å². The number of anilines is 2. The Morgan fingerprint density at radius 1 is 1.00 bits per heavy atom. The third-order valence-corrected chi connectivity index (χ3v) is 3.56. The van der Waals surface area contributed by atoms with Crippen LogP contribution in [0.25, 0.3) is 0 Å². The molecular weight excluding hydrogens is 288 g/mol. The Morgan fingerprint density at radius 3 is 2.26 bits per heavy atom. The fraction of sp³-hybridized carbons (Fsp3) is 0.316. The molecule has 0 unspecified atom stereocenters. The van der Waals surface area contributed by atoms with E-state index >= 15 is 0 Å². The van der Waals surface area contributed by atoms with Gasteiger partial charge in [0.05, 0.1) is 19.3 Å². The van der Waals surface area contributed by atoms with E-state index in [4.69, 9.17) is 4.74 Å². The van der Waals surface area contributed by atoms with Crippen LogP contribution in [0.15, 0.2) is 48.5 Å². The molecule has 1 amide bonds. The van der Waals surface area contributed by atoms with Crippen LogP contribution in [-0.4, -0.2) is 19.6 Å². The van der Waals surface area contributed by atoms with Gasteiger partial charge < -0.3 is 15.4 Å². The van der Waals surface area contributed by atoms with Gasteiger partial charge in [0, 0.05) is 5.69 Å². The zero-order chi connectivity index (χ0) is 16.9. The first kappa shape index (κ1) is 16.9. The van der Waals surface area contributed by atoms with Gasteiger partial charge in [-0.25, -0.2) is 0 Å². The minimum atomic E-state index is -0.0902. The van der Waals surface area contributed by atoms with Crippen LogP contribution in [0, 0.1) is 0 Å². The molecule has 23 heavy (non-hydrogen) atoms. The van der Waals surface area contributed by atoms with E-state index in [9.17, 15) is 4.79 Å². The van der Waals surface area contributed by atoms with Gasteiger partial charge in [0.25, 0.3) is 0 Å². The second-order valence-electron chi connectivity index (χ2n) is 6.40. The predicted molar refractivity (Wildman–Crippen MR) is 95.3 cm³/mol. The van der Waals surface area contributed by atoms with Crippen molar-refractivity contribution in [2.45, 2.75) is 26.2 Å². The second kappa shape index (κ2) is 7.18. The number of carbonyl (C=O) groups excluding carboxylic acids is 1. The lowest BCUT2D eigenvalue weighted by molar-refractivity contribution is -0.114. The minimum Gasteiger partial charge on any atom is -0.495 e. The van der Waals surface area contributed by atoms with E-state index in [1.165, 1.54) is 0 Å². The van der Waals surface area contributed by atoms with Gasteiger partial charge >= 0.3 is 0 Å². The largest absolute Gasteiger partial charge is 0.495 e. The Labute approximate surface area is 137 Å². The van der Waals surface area contributed by atoms with E-state index in [0.717, 1.165) is 22.7 Å². The summed E-state index contributed by atoms with van der Waals surface area (Å²) in [6, 6.07) is 15.4. The van der Waals surface area contributed by atoms with Crippen molar-refractivity contribution in [1.82, 2.24) is 0 Å². The lowest BCUT2D eigenvalue weighted by Gasteiger charge is -2.23. The topological polar surface area (TPSA) is 50.4 Å². The van der Waals surface area contributed by atoms with Crippen molar-refractivity contribution in [2.24, 2.45) is 0 Å². The molecule has 0 heterocycles. The SMILES string of the molecule is COc1ccccc1NCC(=O)Nc1ccccc1C(C)(C)C. The van der Waals surface area contributed by atoms with Crippen LogP contribution in [0.3, 0.4) is 0 Å². The van der Waals surface area contributed by atoms with Crippen molar-refractivity contribution in [2.75, 3.05) is 24.3 Å². The van der Waals surface area contributed by atoms with Gasteiger partial charge in [-0.05, 0) is 29.2 Å². The summed E-state index contributed by atoms with van der Waals surface area (Å²) in [7, 11) is 1.61. The molecule has 0 fully saturated rings. The van der Waals surface area contributed by atoms with E-state index in [-0.39, 0.29) is 17.9 Å². The van der Waals surface area contributed by atoms with Crippen LogP contribution in [0.5, 0.6) is 5.75 Å². The predicted octanol–water partition coefficient (Wildman–Crippen LogP) is 4.04. The highest BCUT2D eigenvalue weighted by molar-refractivity contribution is 5.94. The molecule has 0 saturated heterocycles. The Hall–Kier alpha value is -2.49. The Kier molecular flexibility index (Phi) is 5.27. The van der Waals surface area contributed by atoms with E-state index < -0.39 is 0 Å². The summed E-state index contributed by atoms with van der Waals surface area (Å²) in [4.78, 5) is 12.3. The average Bonchev–Trinajstić information content (AvgIpc) is 2.52. The molecule has 0 aliphatic heterocycles. The maximum Gasteiger partial charge on any atom is 0.243 e. The quantitative estimate of drug-likeness (QED) is 0.876. The maximum absolute atomic E-state index is 12.3. The van der Waals surface area contributed by atoms with E-state index in [0.29, 0.717) is 0 Å². The number of hydrogen-bond donors (Lipinski definition) is 2. The van der Waals surface area contributed by atoms with Crippen molar-refractivity contribution < 1.29 is 9.53 Å². The summed E-state index contributed by atoms with van der Waals surface area (Å²) in [6.45, 7) is 6.57. The Morgan fingerprint density at radius 2 is 1.61 bits per heavy atom. The van der Waals surface area contributed by atoms with Gasteiger partial charge in [0.2, 0.25) is 5.91 Å². The summed E-state index contributed by atoms with van der Waals surface area (Å²) in [6.07, 6.45) is 0. The standard InChI is InChI=1S/C19H24N2O2/c1-19(2,3)14-9-5-6-10-15(14)21-18(22)13-20-16-11-7-8-12-17(16)23-4/h5-12,20H,13H2,1-4H3,(H,21,22). The summed E-state index contributed by atoms with van der Waals surface area (Å²) in [5.74, 6) is 0.628. The maximum atomic E-state index is 12.3. The Balaban J connectivity index is 2.04. The molecule has 0 radical (unpaired) electrons. The zero-order valence-corrected chi connectivity index (χ0v) is 14.1. The molecule has 0 aromatic heterocycles. The van der Waals surface area contributed by atoms with Crippen molar-refractivity contribution >= 4 is 17.3 Å². The molecule has 2 N–H and O–H groups in total. The zero-order valence-electron chi connectivity index (χ0n) is 14.1. The molecular formula is C19H24N2O2. The number of amides is 1. The van der Waals surface area contributed by atoms with E-state index in [2.05, 4.69) is 31.4 Å². The normalized spacial score (nSPS) is 11.0. The number of para-hydroxylation sites is 3. The number of ether oxygens (including phenoxy) is 1. The van der Waals surface area contributed by atoms with E-state index in [1.807, 2.05) is 48.5 Å². The molecule has 0 saturated carbocycles. The number of nitrogens with one attached hydrogen (secondary N) is 2. The van der Waals surface area contributed by atoms with Crippen LogP contribution >= 0.6 is 0 Å². The van der Waals surface area contributed by atoms with Gasteiger partial charge in [0.15, 0.2) is 0 Å². The van der Waals surface area contributed by atoms with Gasteiger partial charge in [-0.1, -0.05) is 51.1 Å². The van der Waals surface area contributed by atoms with Crippen LogP contribution in [-0.2, 0) is 10.2 Å². The van der Waals surface area contributed by atoms with Gasteiger partial charge in [0.1, 0.15) is 5.75 Å². The highest BCUT2D eigenvalue weighted by Crippen LogP contribution is 2.29. The van der Waals surface area contributed by atoms with Crippen molar-refractivity contribution in [3.05, 3.63) is 54.1 Å². The van der Waals surface area contributed by atoms with E-state index in [1.54, 1.807) is 7.11 Å². The van der Waals surface area contributed by atoms with Crippen LogP contribution in [0.4, 0.5) is 11.4 Å². The summed E-state index contributed by atoms with van der Waals surface area (Å²) in [5, 5.41) is 6.09. The summed E-state index contributed by atoms with van der Waals surface area (Å²) in [5.41, 5.74) is 2.74. The number of rotatable bonds is 5. The number of hydrogen-bond acceptors (Lipinski definition) is 3. The lowest BCUT2D eigenvalue weighted by atomic mass is 9.86. The van der Waals surface area contributed by atoms with Crippen molar-refractivity contribution in [3.8, 4) is 5.75 Å². The number of benzene rings is 2. The molecule has 2 aromatic rings. The molecule has 122 valence electrons. The lowest BCUT2D eigenvalue weighted by Crippen LogP contribution is -2.24. The summed E-state index contributed by atoms with van der Waals surface area (Å²) < 4.78 is 5.27. The number of methoxy groups -OCH3 is 1. The van der Waals surface area contributed by atoms with Gasteiger partial charge in [-0.3, -0.25) is 4.79 Å². The molecule has 4 nitrogen and oxygen atoms in total. The monoisotopic (exact) mass is 312 g/mol.